The summed E-state index contributed by atoms with van der Waals surface area (Å²) >= 11 is 0. The molecule has 0 spiro atoms. The summed E-state index contributed by atoms with van der Waals surface area (Å²) in [6.07, 6.45) is 42.2. The Kier molecular flexibility index (Phi) is 38.2. The number of carbonyl (C=O) groups excluding carboxylic acids is 2. The Morgan fingerprint density at radius 2 is 0.793 bits per heavy atom. The lowest BCUT2D eigenvalue weighted by atomic mass is 10.0. The highest BCUT2D eigenvalue weighted by molar-refractivity contribution is 7.45. The van der Waals surface area contributed by atoms with E-state index in [2.05, 4.69) is 13.8 Å². The van der Waals surface area contributed by atoms with Crippen molar-refractivity contribution in [3.05, 3.63) is 0 Å². The number of quaternary nitrogens is 1. The molecule has 0 aromatic heterocycles. The molecule has 0 aliphatic carbocycles. The van der Waals surface area contributed by atoms with Crippen LogP contribution in [0.5, 0.6) is 0 Å². The molecule has 0 rings (SSSR count). The van der Waals surface area contributed by atoms with Crippen molar-refractivity contribution in [3.63, 3.8) is 0 Å². The molecule has 0 radical (unpaired) electrons. The van der Waals surface area contributed by atoms with Crippen LogP contribution in [0.15, 0.2) is 0 Å². The van der Waals surface area contributed by atoms with Crippen molar-refractivity contribution in [2.45, 2.75) is 251 Å². The van der Waals surface area contributed by atoms with E-state index in [0.717, 1.165) is 38.5 Å². The lowest BCUT2D eigenvalue weighted by molar-refractivity contribution is -0.870. The van der Waals surface area contributed by atoms with E-state index >= 15 is 0 Å². The van der Waals surface area contributed by atoms with E-state index in [-0.39, 0.29) is 32.0 Å². The Morgan fingerprint density at radius 1 is 0.483 bits per heavy atom. The van der Waals surface area contributed by atoms with Gasteiger partial charge in [0, 0.05) is 12.8 Å². The number of ether oxygens (including phenoxy) is 2. The normalized spacial score (nSPS) is 14.0. The minimum Gasteiger partial charge on any atom is -0.756 e. The third-order valence-corrected chi connectivity index (χ3v) is 12.1. The van der Waals surface area contributed by atoms with E-state index in [9.17, 15) is 19.0 Å². The number of phosphoric ester groups is 1. The number of esters is 2. The largest absolute Gasteiger partial charge is 0.756 e. The van der Waals surface area contributed by atoms with Crippen molar-refractivity contribution in [2.24, 2.45) is 0 Å². The first kappa shape index (κ1) is 57.0. The van der Waals surface area contributed by atoms with Gasteiger partial charge in [0.15, 0.2) is 5.60 Å². The van der Waals surface area contributed by atoms with Gasteiger partial charge in [0.1, 0.15) is 19.8 Å². The molecule has 0 aliphatic heterocycles. The zero-order valence-electron chi connectivity index (χ0n) is 39.2. The van der Waals surface area contributed by atoms with Crippen molar-refractivity contribution >= 4 is 19.8 Å². The number of carbonyl (C=O) groups is 2. The van der Waals surface area contributed by atoms with Gasteiger partial charge >= 0.3 is 11.9 Å². The smallest absolute Gasteiger partial charge is 0.306 e. The lowest BCUT2D eigenvalue weighted by Crippen LogP contribution is -2.42. The third kappa shape index (κ3) is 41.7. The van der Waals surface area contributed by atoms with E-state index < -0.39 is 26.0 Å². The van der Waals surface area contributed by atoms with E-state index in [1.54, 1.807) is 6.92 Å². The van der Waals surface area contributed by atoms with Crippen LogP contribution in [0.4, 0.5) is 0 Å². The zero-order chi connectivity index (χ0) is 43.1. The number of unbranched alkanes of at least 4 members (excludes halogenated alkanes) is 31. The van der Waals surface area contributed by atoms with Gasteiger partial charge in [-0.15, -0.1) is 0 Å². The van der Waals surface area contributed by atoms with Gasteiger partial charge in [0.25, 0.3) is 7.82 Å². The van der Waals surface area contributed by atoms with Crippen LogP contribution in [0.3, 0.4) is 0 Å². The molecule has 10 heteroatoms. The van der Waals surface area contributed by atoms with Crippen LogP contribution in [0.1, 0.15) is 245 Å². The summed E-state index contributed by atoms with van der Waals surface area (Å²) in [5.74, 6) is -0.837. The maximum Gasteiger partial charge on any atom is 0.306 e. The summed E-state index contributed by atoms with van der Waals surface area (Å²) in [4.78, 5) is 38.1. The number of nitrogens with zero attached hydrogens (tertiary/aromatic N) is 1. The quantitative estimate of drug-likeness (QED) is 0.0258. The Hall–Kier alpha value is -0.990. The topological polar surface area (TPSA) is 111 Å². The lowest BCUT2D eigenvalue weighted by Gasteiger charge is -2.32. The highest BCUT2D eigenvalue weighted by Gasteiger charge is 2.33. The molecule has 0 saturated heterocycles. The van der Waals surface area contributed by atoms with Crippen LogP contribution < -0.4 is 4.89 Å². The maximum atomic E-state index is 12.9. The van der Waals surface area contributed by atoms with Crippen LogP contribution in [-0.4, -0.2) is 69.5 Å². The van der Waals surface area contributed by atoms with E-state index in [0.29, 0.717) is 17.4 Å². The maximum absolute atomic E-state index is 12.9. The van der Waals surface area contributed by atoms with Crippen LogP contribution in [0, 0.1) is 0 Å². The molecule has 0 heterocycles. The number of phosphoric acid groups is 1. The molecule has 0 saturated carbocycles. The fourth-order valence-electron chi connectivity index (χ4n) is 7.22. The summed E-state index contributed by atoms with van der Waals surface area (Å²) in [5.41, 5.74) is -1.46. The molecule has 0 amide bonds. The average molecular weight is 846 g/mol. The molecule has 0 aromatic carbocycles. The first-order valence-electron chi connectivity index (χ1n) is 24.6. The van der Waals surface area contributed by atoms with Crippen LogP contribution in [0.2, 0.25) is 0 Å². The van der Waals surface area contributed by atoms with Gasteiger partial charge in [-0.3, -0.25) is 14.2 Å². The van der Waals surface area contributed by atoms with Gasteiger partial charge in [-0.25, -0.2) is 0 Å². The Bertz CT molecular complexity index is 989. The van der Waals surface area contributed by atoms with Crippen molar-refractivity contribution in [1.82, 2.24) is 0 Å². The zero-order valence-corrected chi connectivity index (χ0v) is 40.1. The van der Waals surface area contributed by atoms with Gasteiger partial charge in [0.2, 0.25) is 0 Å². The molecule has 1 unspecified atom stereocenters. The minimum atomic E-state index is -4.66. The molecule has 346 valence electrons. The molecule has 0 fully saturated rings. The van der Waals surface area contributed by atoms with Crippen LogP contribution >= 0.6 is 7.82 Å². The molecule has 2 atom stereocenters. The molecule has 0 aromatic rings. The molecule has 0 bridgehead atoms. The number of hydrogen-bond acceptors (Lipinski definition) is 8. The van der Waals surface area contributed by atoms with Gasteiger partial charge in [0.05, 0.1) is 27.7 Å². The number of likely N-dealkylation sites (N-methyl/N-ethyl adjacent to an activating group) is 1. The molecule has 58 heavy (non-hydrogen) atoms. The third-order valence-electron chi connectivity index (χ3n) is 11.2. The fraction of sp³-hybridized carbons (Fsp3) is 0.958. The highest BCUT2D eigenvalue weighted by Crippen LogP contribution is 2.39. The fourth-order valence-corrected chi connectivity index (χ4v) is 8.03. The van der Waals surface area contributed by atoms with E-state index in [4.69, 9.17) is 18.5 Å². The summed E-state index contributed by atoms with van der Waals surface area (Å²) in [6.45, 7) is 5.73. The molecular weight excluding hydrogens is 750 g/mol. The summed E-state index contributed by atoms with van der Waals surface area (Å²) in [5, 5.41) is 0. The Labute approximate surface area is 359 Å². The molecular formula is C48H96NO8P. The first-order valence-corrected chi connectivity index (χ1v) is 26.1. The Morgan fingerprint density at radius 3 is 1.12 bits per heavy atom. The second-order valence-electron chi connectivity index (χ2n) is 18.6. The minimum absolute atomic E-state index is 0.0335. The second kappa shape index (κ2) is 38.9. The van der Waals surface area contributed by atoms with E-state index in [1.807, 2.05) is 21.1 Å². The SMILES string of the molecule is CCCCCCCCCCCCCCCCCCCCCCCC(=O)OC[C@](C)(COP(=O)([O-])OCC[N+](C)(C)C)OC(=O)CCCCCCCCCCCCCC. The first-order chi connectivity index (χ1) is 27.8. The number of rotatable bonds is 45. The predicted octanol–water partition coefficient (Wildman–Crippen LogP) is 13.7. The summed E-state index contributed by atoms with van der Waals surface area (Å²) < 4.78 is 34.5. The van der Waals surface area contributed by atoms with Gasteiger partial charge < -0.3 is 27.9 Å². The van der Waals surface area contributed by atoms with Gasteiger partial charge in [-0.1, -0.05) is 213 Å². The molecule has 0 aliphatic rings. The second-order valence-corrected chi connectivity index (χ2v) is 20.0. The van der Waals surface area contributed by atoms with Crippen LogP contribution in [-0.2, 0) is 32.7 Å². The van der Waals surface area contributed by atoms with Gasteiger partial charge in [-0.2, -0.15) is 0 Å². The van der Waals surface area contributed by atoms with Crippen molar-refractivity contribution in [3.8, 4) is 0 Å². The monoisotopic (exact) mass is 846 g/mol. The average Bonchev–Trinajstić information content (AvgIpc) is 3.17. The molecule has 9 nitrogen and oxygen atoms in total. The Balaban J connectivity index is 4.29. The standard InChI is InChI=1S/C48H96NO8P/c1-7-9-11-13-15-17-19-21-22-23-24-25-26-27-28-29-31-32-34-36-38-40-46(50)54-44-48(3,45-56-58(52,53)55-43-42-49(4,5)6)57-47(51)41-39-37-35-33-30-20-18-16-14-12-10-8-2/h7-45H2,1-6H3/t48-/m1/s1. The summed E-state index contributed by atoms with van der Waals surface area (Å²) in [7, 11) is 1.14. The van der Waals surface area contributed by atoms with Crippen molar-refractivity contribution in [2.75, 3.05) is 47.5 Å². The van der Waals surface area contributed by atoms with Crippen molar-refractivity contribution < 1.29 is 42.1 Å². The predicted molar refractivity (Wildman–Crippen MR) is 241 cm³/mol. The highest BCUT2D eigenvalue weighted by atomic mass is 31.2. The van der Waals surface area contributed by atoms with Crippen molar-refractivity contribution in [1.29, 1.82) is 0 Å². The number of hydrogen-bond donors (Lipinski definition) is 0. The molecule has 0 N–H and O–H groups in total. The van der Waals surface area contributed by atoms with E-state index in [1.165, 1.54) is 167 Å². The van der Waals surface area contributed by atoms with Gasteiger partial charge in [-0.05, 0) is 19.8 Å². The van der Waals surface area contributed by atoms with Crippen LogP contribution in [0.25, 0.3) is 0 Å². The summed E-state index contributed by atoms with van der Waals surface area (Å²) in [6, 6.07) is 0.